The van der Waals surface area contributed by atoms with Gasteiger partial charge in [0.25, 0.3) is 5.91 Å². The number of anilines is 1. The fourth-order valence-electron chi connectivity index (χ4n) is 2.47. The highest BCUT2D eigenvalue weighted by atomic mass is 79.9. The van der Waals surface area contributed by atoms with Crippen molar-refractivity contribution in [3.63, 3.8) is 0 Å². The first-order valence-corrected chi connectivity index (χ1v) is 9.81. The van der Waals surface area contributed by atoms with Crippen LogP contribution in [0.2, 0.25) is 0 Å². The predicted octanol–water partition coefficient (Wildman–Crippen LogP) is 4.47. The highest BCUT2D eigenvalue weighted by Crippen LogP contribution is 2.32. The Labute approximate surface area is 179 Å². The third-order valence-electron chi connectivity index (χ3n) is 3.81. The fraction of sp³-hybridized carbons (Fsp3) is 0.118. The summed E-state index contributed by atoms with van der Waals surface area (Å²) in [7, 11) is 0. The summed E-state index contributed by atoms with van der Waals surface area (Å²) in [6, 6.07) is 6.10. The zero-order chi connectivity index (χ0) is 21.3. The molecule has 3 heterocycles. The van der Waals surface area contributed by atoms with Crippen molar-refractivity contribution >= 4 is 38.5 Å². The van der Waals surface area contributed by atoms with Gasteiger partial charge in [-0.2, -0.15) is 27.6 Å². The standard InChI is InChI=1S/C17H10BrF3N6O2S/c18-11-6-22-27(7-11)8-12-5-13(25-29-12)15(28)24-16-23-14(26-30-16)9-2-1-3-10(4-9)17(19,20)21/h1-7H,8H2,(H,23,24,26,28). The molecule has 0 saturated carbocycles. The van der Waals surface area contributed by atoms with Crippen LogP contribution in [-0.4, -0.2) is 30.2 Å². The number of amides is 1. The van der Waals surface area contributed by atoms with Crippen molar-refractivity contribution in [2.45, 2.75) is 12.7 Å². The number of carbonyl (C=O) groups excluding carboxylic acids is 1. The lowest BCUT2D eigenvalue weighted by molar-refractivity contribution is -0.137. The minimum Gasteiger partial charge on any atom is -0.359 e. The maximum Gasteiger partial charge on any atom is 0.416 e. The molecule has 1 amide bonds. The van der Waals surface area contributed by atoms with E-state index in [2.05, 4.69) is 40.9 Å². The van der Waals surface area contributed by atoms with Gasteiger partial charge >= 0.3 is 6.18 Å². The molecule has 13 heteroatoms. The SMILES string of the molecule is O=C(Nc1nc(-c2cccc(C(F)(F)F)c2)ns1)c1cc(Cn2cc(Br)cn2)on1. The highest BCUT2D eigenvalue weighted by molar-refractivity contribution is 9.10. The molecule has 0 fully saturated rings. The minimum atomic E-state index is -4.47. The maximum absolute atomic E-state index is 12.9. The Kier molecular flexibility index (Phi) is 5.39. The summed E-state index contributed by atoms with van der Waals surface area (Å²) in [5.41, 5.74) is -0.595. The average molecular weight is 499 g/mol. The van der Waals surface area contributed by atoms with E-state index in [1.807, 2.05) is 0 Å². The number of alkyl halides is 3. The second-order valence-electron chi connectivity index (χ2n) is 5.99. The van der Waals surface area contributed by atoms with Crippen LogP contribution in [0.1, 0.15) is 21.8 Å². The molecule has 1 N–H and O–H groups in total. The van der Waals surface area contributed by atoms with Gasteiger partial charge in [0.2, 0.25) is 5.13 Å². The molecule has 0 radical (unpaired) electrons. The summed E-state index contributed by atoms with van der Waals surface area (Å²) in [5, 5.41) is 10.4. The largest absolute Gasteiger partial charge is 0.416 e. The van der Waals surface area contributed by atoms with E-state index in [-0.39, 0.29) is 28.8 Å². The predicted molar refractivity (Wildman–Crippen MR) is 104 cm³/mol. The Morgan fingerprint density at radius 3 is 2.87 bits per heavy atom. The normalized spacial score (nSPS) is 11.6. The molecule has 1 aromatic carbocycles. The molecule has 30 heavy (non-hydrogen) atoms. The first-order valence-electron chi connectivity index (χ1n) is 8.24. The Hall–Kier alpha value is -3.06. The van der Waals surface area contributed by atoms with Crippen LogP contribution in [0, 0.1) is 0 Å². The van der Waals surface area contributed by atoms with Crippen molar-refractivity contribution < 1.29 is 22.5 Å². The number of nitrogens with zero attached hydrogens (tertiary/aromatic N) is 5. The number of hydrogen-bond donors (Lipinski definition) is 1. The average Bonchev–Trinajstić information content (AvgIpc) is 3.43. The third kappa shape index (κ3) is 4.57. The van der Waals surface area contributed by atoms with E-state index < -0.39 is 17.6 Å². The highest BCUT2D eigenvalue weighted by Gasteiger charge is 2.30. The van der Waals surface area contributed by atoms with Crippen LogP contribution >= 0.6 is 27.5 Å². The summed E-state index contributed by atoms with van der Waals surface area (Å²) in [6.07, 6.45) is -1.12. The first-order chi connectivity index (χ1) is 14.3. The molecule has 0 aliphatic heterocycles. The fourth-order valence-corrected chi connectivity index (χ4v) is 3.38. The molecule has 4 rings (SSSR count). The number of rotatable bonds is 5. The lowest BCUT2D eigenvalue weighted by Crippen LogP contribution is -2.12. The van der Waals surface area contributed by atoms with Crippen LogP contribution < -0.4 is 5.32 Å². The van der Waals surface area contributed by atoms with Gasteiger partial charge < -0.3 is 4.52 Å². The van der Waals surface area contributed by atoms with Crippen molar-refractivity contribution in [2.24, 2.45) is 0 Å². The number of nitrogens with one attached hydrogen (secondary N) is 1. The summed E-state index contributed by atoms with van der Waals surface area (Å²) < 4.78 is 50.1. The van der Waals surface area contributed by atoms with Crippen LogP contribution in [0.4, 0.5) is 18.3 Å². The molecule has 4 aromatic rings. The molecule has 3 aromatic heterocycles. The Bertz CT molecular complexity index is 1200. The summed E-state index contributed by atoms with van der Waals surface area (Å²) in [6.45, 7) is 0.282. The molecule has 0 aliphatic carbocycles. The van der Waals surface area contributed by atoms with Gasteiger partial charge in [-0.3, -0.25) is 14.8 Å². The van der Waals surface area contributed by atoms with Gasteiger partial charge in [0.05, 0.1) is 16.2 Å². The molecule has 0 atom stereocenters. The van der Waals surface area contributed by atoms with Crippen molar-refractivity contribution in [3.8, 4) is 11.4 Å². The number of aromatic nitrogens is 5. The van der Waals surface area contributed by atoms with Gasteiger partial charge in [0, 0.05) is 29.4 Å². The van der Waals surface area contributed by atoms with Crippen molar-refractivity contribution in [1.29, 1.82) is 0 Å². The van der Waals surface area contributed by atoms with Gasteiger partial charge in [0.15, 0.2) is 17.3 Å². The first kappa shape index (κ1) is 20.2. The molecule has 8 nitrogen and oxygen atoms in total. The lowest BCUT2D eigenvalue weighted by Gasteiger charge is -2.06. The number of hydrogen-bond acceptors (Lipinski definition) is 7. The molecule has 0 aliphatic rings. The Morgan fingerprint density at radius 1 is 1.30 bits per heavy atom. The molecule has 0 spiro atoms. The van der Waals surface area contributed by atoms with Gasteiger partial charge in [-0.1, -0.05) is 17.3 Å². The molecule has 0 unspecified atom stereocenters. The molecular formula is C17H10BrF3N6O2S. The number of halogens is 4. The quantitative estimate of drug-likeness (QED) is 0.435. The smallest absolute Gasteiger partial charge is 0.359 e. The van der Waals surface area contributed by atoms with Crippen LogP contribution in [0.3, 0.4) is 0 Å². The van der Waals surface area contributed by atoms with E-state index in [1.165, 1.54) is 18.2 Å². The summed E-state index contributed by atoms with van der Waals surface area (Å²) >= 11 is 4.12. The zero-order valence-electron chi connectivity index (χ0n) is 14.7. The Balaban J connectivity index is 1.44. The van der Waals surface area contributed by atoms with Crippen molar-refractivity contribution in [3.05, 3.63) is 64.2 Å². The third-order valence-corrected chi connectivity index (χ3v) is 4.85. The van der Waals surface area contributed by atoms with Gasteiger partial charge in [-0.15, -0.1) is 0 Å². The van der Waals surface area contributed by atoms with E-state index in [0.29, 0.717) is 5.76 Å². The molecular weight excluding hydrogens is 489 g/mol. The summed E-state index contributed by atoms with van der Waals surface area (Å²) in [5.74, 6) is -0.0949. The topological polar surface area (TPSA) is 98.7 Å². The van der Waals surface area contributed by atoms with E-state index in [1.54, 1.807) is 17.1 Å². The van der Waals surface area contributed by atoms with Crippen molar-refractivity contribution in [1.82, 2.24) is 24.3 Å². The van der Waals surface area contributed by atoms with Crippen LogP contribution in [-0.2, 0) is 12.7 Å². The van der Waals surface area contributed by atoms with E-state index >= 15 is 0 Å². The monoisotopic (exact) mass is 498 g/mol. The van der Waals surface area contributed by atoms with E-state index in [4.69, 9.17) is 4.52 Å². The van der Waals surface area contributed by atoms with Gasteiger partial charge in [-0.25, -0.2) is 0 Å². The maximum atomic E-state index is 12.9. The van der Waals surface area contributed by atoms with Crippen LogP contribution in [0.5, 0.6) is 0 Å². The summed E-state index contributed by atoms with van der Waals surface area (Å²) in [4.78, 5) is 16.4. The van der Waals surface area contributed by atoms with Crippen LogP contribution in [0.25, 0.3) is 11.4 Å². The number of carbonyl (C=O) groups is 1. The Morgan fingerprint density at radius 2 is 2.13 bits per heavy atom. The molecule has 0 saturated heterocycles. The zero-order valence-corrected chi connectivity index (χ0v) is 17.1. The van der Waals surface area contributed by atoms with Crippen molar-refractivity contribution in [2.75, 3.05) is 5.32 Å². The van der Waals surface area contributed by atoms with Gasteiger partial charge in [-0.05, 0) is 28.1 Å². The minimum absolute atomic E-state index is 0.0204. The van der Waals surface area contributed by atoms with E-state index in [0.717, 1.165) is 28.1 Å². The molecule has 0 bridgehead atoms. The lowest BCUT2D eigenvalue weighted by atomic mass is 10.1. The van der Waals surface area contributed by atoms with Crippen LogP contribution in [0.15, 0.2) is 51.7 Å². The van der Waals surface area contributed by atoms with E-state index in [9.17, 15) is 18.0 Å². The number of benzene rings is 1. The second-order valence-corrected chi connectivity index (χ2v) is 7.66. The second kappa shape index (κ2) is 7.99. The molecule has 154 valence electrons. The van der Waals surface area contributed by atoms with Gasteiger partial charge in [0.1, 0.15) is 6.54 Å².